The SMILES string of the molecule is COC[C@H]1CC[C@@H]2[C@@H](CCN2Cc2ccc(F)cc2)O1. The van der Waals surface area contributed by atoms with Gasteiger partial charge in [-0.1, -0.05) is 12.1 Å². The third-order valence-corrected chi connectivity index (χ3v) is 4.40. The van der Waals surface area contributed by atoms with E-state index in [1.54, 1.807) is 7.11 Å². The van der Waals surface area contributed by atoms with Crippen molar-refractivity contribution in [2.75, 3.05) is 20.3 Å². The third-order valence-electron chi connectivity index (χ3n) is 4.40. The molecule has 2 heterocycles. The first-order valence-corrected chi connectivity index (χ1v) is 7.39. The minimum absolute atomic E-state index is 0.170. The van der Waals surface area contributed by atoms with Crippen LogP contribution in [0.2, 0.25) is 0 Å². The average molecular weight is 279 g/mol. The van der Waals surface area contributed by atoms with Crippen LogP contribution in [0, 0.1) is 5.82 Å². The molecule has 1 aromatic rings. The maximum atomic E-state index is 12.9. The van der Waals surface area contributed by atoms with E-state index >= 15 is 0 Å². The van der Waals surface area contributed by atoms with Crippen molar-refractivity contribution in [3.63, 3.8) is 0 Å². The number of benzene rings is 1. The Morgan fingerprint density at radius 3 is 2.80 bits per heavy atom. The number of likely N-dealkylation sites (tertiary alicyclic amines) is 1. The van der Waals surface area contributed by atoms with Crippen molar-refractivity contribution in [2.24, 2.45) is 0 Å². The topological polar surface area (TPSA) is 21.7 Å². The first-order chi connectivity index (χ1) is 9.76. The molecule has 1 aromatic carbocycles. The summed E-state index contributed by atoms with van der Waals surface area (Å²) >= 11 is 0. The maximum Gasteiger partial charge on any atom is 0.123 e. The van der Waals surface area contributed by atoms with Gasteiger partial charge in [-0.3, -0.25) is 4.90 Å². The van der Waals surface area contributed by atoms with Crippen LogP contribution in [-0.4, -0.2) is 43.4 Å². The standard InChI is InChI=1S/C16H22FNO2/c1-19-11-14-6-7-15-16(20-14)8-9-18(15)10-12-2-4-13(17)5-3-12/h2-5,14-16H,6-11H2,1H3/t14-,15-,16-/m1/s1. The highest BCUT2D eigenvalue weighted by atomic mass is 19.1. The summed E-state index contributed by atoms with van der Waals surface area (Å²) < 4.78 is 24.2. The number of nitrogens with zero attached hydrogens (tertiary/aromatic N) is 1. The summed E-state index contributed by atoms with van der Waals surface area (Å²) in [4.78, 5) is 2.47. The molecular formula is C16H22FNO2. The van der Waals surface area contributed by atoms with Gasteiger partial charge in [0.15, 0.2) is 0 Å². The minimum atomic E-state index is -0.170. The van der Waals surface area contributed by atoms with Gasteiger partial charge in [0.1, 0.15) is 5.82 Å². The van der Waals surface area contributed by atoms with Crippen molar-refractivity contribution < 1.29 is 13.9 Å². The molecule has 2 aliphatic heterocycles. The van der Waals surface area contributed by atoms with Crippen LogP contribution >= 0.6 is 0 Å². The minimum Gasteiger partial charge on any atom is -0.382 e. The van der Waals surface area contributed by atoms with E-state index in [1.165, 1.54) is 24.1 Å². The number of fused-ring (bicyclic) bond motifs is 1. The highest BCUT2D eigenvalue weighted by Gasteiger charge is 2.39. The Morgan fingerprint density at radius 1 is 1.25 bits per heavy atom. The monoisotopic (exact) mass is 279 g/mol. The summed E-state index contributed by atoms with van der Waals surface area (Å²) in [5, 5.41) is 0. The van der Waals surface area contributed by atoms with E-state index in [0.29, 0.717) is 18.8 Å². The lowest BCUT2D eigenvalue weighted by Crippen LogP contribution is -2.43. The van der Waals surface area contributed by atoms with Gasteiger partial charge in [0, 0.05) is 26.2 Å². The lowest BCUT2D eigenvalue weighted by molar-refractivity contribution is -0.0938. The van der Waals surface area contributed by atoms with E-state index in [4.69, 9.17) is 9.47 Å². The second-order valence-corrected chi connectivity index (χ2v) is 5.78. The number of rotatable bonds is 4. The van der Waals surface area contributed by atoms with Crippen molar-refractivity contribution >= 4 is 0 Å². The molecule has 0 amide bonds. The number of halogens is 1. The zero-order valence-electron chi connectivity index (χ0n) is 11.9. The molecule has 3 atom stereocenters. The molecule has 2 fully saturated rings. The van der Waals surface area contributed by atoms with Gasteiger partial charge in [-0.15, -0.1) is 0 Å². The van der Waals surface area contributed by atoms with E-state index in [2.05, 4.69) is 4.90 Å². The number of methoxy groups -OCH3 is 1. The quantitative estimate of drug-likeness (QED) is 0.845. The molecule has 0 bridgehead atoms. The fraction of sp³-hybridized carbons (Fsp3) is 0.625. The molecule has 4 heteroatoms. The molecule has 2 aliphatic rings. The second kappa shape index (κ2) is 6.20. The molecule has 110 valence electrons. The summed E-state index contributed by atoms with van der Waals surface area (Å²) in [5.41, 5.74) is 1.17. The first kappa shape index (κ1) is 14.0. The molecule has 0 saturated carbocycles. The molecule has 3 nitrogen and oxygen atoms in total. The van der Waals surface area contributed by atoms with E-state index in [-0.39, 0.29) is 11.9 Å². The van der Waals surface area contributed by atoms with Crippen molar-refractivity contribution in [1.29, 1.82) is 0 Å². The molecule has 0 radical (unpaired) electrons. The smallest absolute Gasteiger partial charge is 0.123 e. The molecule has 0 aliphatic carbocycles. The largest absolute Gasteiger partial charge is 0.382 e. The van der Waals surface area contributed by atoms with E-state index in [0.717, 1.165) is 25.9 Å². The molecule has 0 aromatic heterocycles. The van der Waals surface area contributed by atoms with Crippen LogP contribution in [-0.2, 0) is 16.0 Å². The van der Waals surface area contributed by atoms with Gasteiger partial charge in [0.25, 0.3) is 0 Å². The van der Waals surface area contributed by atoms with E-state index < -0.39 is 0 Å². The molecule has 0 unspecified atom stereocenters. The highest BCUT2D eigenvalue weighted by molar-refractivity contribution is 5.16. The van der Waals surface area contributed by atoms with Crippen LogP contribution in [0.25, 0.3) is 0 Å². The Morgan fingerprint density at radius 2 is 2.05 bits per heavy atom. The Kier molecular flexibility index (Phi) is 4.34. The van der Waals surface area contributed by atoms with Gasteiger partial charge in [-0.25, -0.2) is 4.39 Å². The first-order valence-electron chi connectivity index (χ1n) is 7.39. The van der Waals surface area contributed by atoms with Gasteiger partial charge in [0.2, 0.25) is 0 Å². The highest BCUT2D eigenvalue weighted by Crippen LogP contribution is 2.32. The molecule has 20 heavy (non-hydrogen) atoms. The van der Waals surface area contributed by atoms with Gasteiger partial charge in [-0.05, 0) is 37.0 Å². The number of hydrogen-bond acceptors (Lipinski definition) is 3. The molecule has 2 saturated heterocycles. The van der Waals surface area contributed by atoms with Crippen LogP contribution in [0.3, 0.4) is 0 Å². The van der Waals surface area contributed by atoms with Crippen molar-refractivity contribution in [2.45, 2.75) is 44.1 Å². The third kappa shape index (κ3) is 3.03. The van der Waals surface area contributed by atoms with Crippen LogP contribution < -0.4 is 0 Å². The van der Waals surface area contributed by atoms with Crippen molar-refractivity contribution in [3.05, 3.63) is 35.6 Å². The maximum absolute atomic E-state index is 12.9. The van der Waals surface area contributed by atoms with Crippen LogP contribution in [0.15, 0.2) is 24.3 Å². The second-order valence-electron chi connectivity index (χ2n) is 5.78. The summed E-state index contributed by atoms with van der Waals surface area (Å²) in [6.45, 7) is 2.65. The predicted octanol–water partition coefficient (Wildman–Crippen LogP) is 2.59. The predicted molar refractivity (Wildman–Crippen MR) is 75.0 cm³/mol. The zero-order valence-corrected chi connectivity index (χ0v) is 11.9. The summed E-state index contributed by atoms with van der Waals surface area (Å²) in [6.07, 6.45) is 3.91. The lowest BCUT2D eigenvalue weighted by Gasteiger charge is -2.35. The fourth-order valence-electron chi connectivity index (χ4n) is 3.41. The van der Waals surface area contributed by atoms with Gasteiger partial charge >= 0.3 is 0 Å². The Bertz CT molecular complexity index is 437. The van der Waals surface area contributed by atoms with E-state index in [9.17, 15) is 4.39 Å². The molecule has 0 spiro atoms. The lowest BCUT2D eigenvalue weighted by atomic mass is 9.99. The fourth-order valence-corrected chi connectivity index (χ4v) is 3.41. The van der Waals surface area contributed by atoms with Crippen molar-refractivity contribution in [3.8, 4) is 0 Å². The number of hydrogen-bond donors (Lipinski definition) is 0. The summed E-state index contributed by atoms with van der Waals surface area (Å²) in [5.74, 6) is -0.170. The van der Waals surface area contributed by atoms with E-state index in [1.807, 2.05) is 12.1 Å². The Balaban J connectivity index is 1.59. The van der Waals surface area contributed by atoms with Crippen LogP contribution in [0.5, 0.6) is 0 Å². The normalized spacial score (nSPS) is 30.4. The molecule has 3 rings (SSSR count). The summed E-state index contributed by atoms with van der Waals surface area (Å²) in [6, 6.07) is 7.33. The van der Waals surface area contributed by atoms with Gasteiger partial charge in [-0.2, -0.15) is 0 Å². The molecule has 0 N–H and O–H groups in total. The Labute approximate surface area is 119 Å². The van der Waals surface area contributed by atoms with Crippen LogP contribution in [0.1, 0.15) is 24.8 Å². The van der Waals surface area contributed by atoms with Crippen LogP contribution in [0.4, 0.5) is 4.39 Å². The molecular weight excluding hydrogens is 257 g/mol. The average Bonchev–Trinajstić information content (AvgIpc) is 2.84. The Hall–Kier alpha value is -0.970. The zero-order chi connectivity index (χ0) is 13.9. The van der Waals surface area contributed by atoms with Gasteiger partial charge < -0.3 is 9.47 Å². The van der Waals surface area contributed by atoms with Gasteiger partial charge in [0.05, 0.1) is 18.8 Å². The number of ether oxygens (including phenoxy) is 2. The summed E-state index contributed by atoms with van der Waals surface area (Å²) in [7, 11) is 1.73. The van der Waals surface area contributed by atoms with Crippen molar-refractivity contribution in [1.82, 2.24) is 4.90 Å².